The molecule has 1 saturated heterocycles. The molecule has 0 aromatic heterocycles. The van der Waals surface area contributed by atoms with Crippen LogP contribution in [0.25, 0.3) is 0 Å². The van der Waals surface area contributed by atoms with Crippen molar-refractivity contribution in [1.29, 1.82) is 0 Å². The van der Waals surface area contributed by atoms with Crippen molar-refractivity contribution >= 4 is 7.12 Å². The molecule has 0 unspecified atom stereocenters. The van der Waals surface area contributed by atoms with Crippen LogP contribution in [0.15, 0.2) is 48.5 Å². The number of benzene rings is 2. The summed E-state index contributed by atoms with van der Waals surface area (Å²) in [5, 5.41) is 0. The van der Waals surface area contributed by atoms with E-state index in [0.717, 1.165) is 11.1 Å². The van der Waals surface area contributed by atoms with Crippen molar-refractivity contribution in [3.05, 3.63) is 59.7 Å². The molecule has 2 aromatic rings. The lowest BCUT2D eigenvalue weighted by Crippen LogP contribution is -2.41. The molecule has 28 heavy (non-hydrogen) atoms. The fraction of sp³-hybridized carbons (Fsp3) is 0.455. The van der Waals surface area contributed by atoms with Gasteiger partial charge in [-0.15, -0.1) is 0 Å². The van der Waals surface area contributed by atoms with Gasteiger partial charge in [-0.05, 0) is 57.9 Å². The Bertz CT molecular complexity index is 778. The summed E-state index contributed by atoms with van der Waals surface area (Å²) in [6.07, 6.45) is 0. The second kappa shape index (κ2) is 8.15. The second-order valence-electron chi connectivity index (χ2n) is 8.06. The molecule has 3 rings (SSSR count). The summed E-state index contributed by atoms with van der Waals surface area (Å²) in [5.74, 6) is 0.932. The second-order valence-corrected chi connectivity index (χ2v) is 8.06. The van der Waals surface area contributed by atoms with E-state index in [2.05, 4.69) is 0 Å². The molecular formula is C22H30BNO4. The Labute approximate surface area is 168 Å². The first-order valence-corrected chi connectivity index (χ1v) is 9.78. The summed E-state index contributed by atoms with van der Waals surface area (Å²) in [4.78, 5) is 0. The predicted molar refractivity (Wildman–Crippen MR) is 111 cm³/mol. The van der Waals surface area contributed by atoms with Crippen LogP contribution < -0.4 is 15.2 Å². The zero-order chi connectivity index (χ0) is 20.4. The molecule has 1 aliphatic heterocycles. The van der Waals surface area contributed by atoms with Gasteiger partial charge in [-0.25, -0.2) is 0 Å². The molecule has 1 heterocycles. The zero-order valence-corrected chi connectivity index (χ0v) is 17.4. The van der Waals surface area contributed by atoms with E-state index < -0.39 is 24.3 Å². The maximum absolute atomic E-state index is 6.48. The largest absolute Gasteiger partial charge is 0.490 e. The van der Waals surface area contributed by atoms with E-state index in [4.69, 9.17) is 24.5 Å². The minimum absolute atomic E-state index is 0.420. The molecule has 2 N–H and O–H groups in total. The SMILES string of the molecule is CCOc1cc([C@@H](N)B2OC(C)(C)C(C)(C)O2)ccc1OCc1ccccc1. The molecule has 150 valence electrons. The molecule has 0 radical (unpaired) electrons. The standard InChI is InChI=1S/C22H30BNO4/c1-6-25-19-14-17(20(24)23-27-21(2,3)22(4,5)28-23)12-13-18(19)26-15-16-10-8-7-9-11-16/h7-14,20H,6,15,24H2,1-5H3/t20-/m1/s1. The summed E-state index contributed by atoms with van der Waals surface area (Å²) in [6, 6.07) is 15.8. The van der Waals surface area contributed by atoms with Crippen LogP contribution in [0.1, 0.15) is 51.7 Å². The minimum atomic E-state index is -0.518. The molecule has 1 atom stereocenters. The summed E-state index contributed by atoms with van der Waals surface area (Å²) in [6.45, 7) is 11.0. The predicted octanol–water partition coefficient (Wildman–Crippen LogP) is 4.30. The highest BCUT2D eigenvalue weighted by Crippen LogP contribution is 2.40. The fourth-order valence-corrected chi connectivity index (χ4v) is 3.05. The molecule has 1 fully saturated rings. The van der Waals surface area contributed by atoms with Crippen LogP contribution in [0.5, 0.6) is 11.5 Å². The quantitative estimate of drug-likeness (QED) is 0.723. The average molecular weight is 383 g/mol. The summed E-state index contributed by atoms with van der Waals surface area (Å²) < 4.78 is 24.0. The van der Waals surface area contributed by atoms with Gasteiger partial charge in [0.15, 0.2) is 11.5 Å². The molecule has 0 saturated carbocycles. The molecule has 0 aliphatic carbocycles. The third-order valence-corrected chi connectivity index (χ3v) is 5.45. The van der Waals surface area contributed by atoms with E-state index in [-0.39, 0.29) is 0 Å². The van der Waals surface area contributed by atoms with E-state index in [0.29, 0.717) is 24.7 Å². The van der Waals surface area contributed by atoms with Gasteiger partial charge < -0.3 is 24.5 Å². The van der Waals surface area contributed by atoms with E-state index >= 15 is 0 Å². The van der Waals surface area contributed by atoms with Gasteiger partial charge in [0.05, 0.1) is 23.8 Å². The number of hydrogen-bond donors (Lipinski definition) is 1. The van der Waals surface area contributed by atoms with E-state index in [1.807, 2.05) is 83.1 Å². The number of ether oxygens (including phenoxy) is 2. The number of nitrogens with two attached hydrogens (primary N) is 1. The topological polar surface area (TPSA) is 62.9 Å². The minimum Gasteiger partial charge on any atom is -0.490 e. The van der Waals surface area contributed by atoms with Gasteiger partial charge in [0.1, 0.15) is 6.61 Å². The van der Waals surface area contributed by atoms with Gasteiger partial charge in [-0.2, -0.15) is 0 Å². The van der Waals surface area contributed by atoms with Crippen LogP contribution in [-0.4, -0.2) is 24.9 Å². The first kappa shape index (κ1) is 20.7. The van der Waals surface area contributed by atoms with E-state index in [9.17, 15) is 0 Å². The lowest BCUT2D eigenvalue weighted by molar-refractivity contribution is 0.00578. The van der Waals surface area contributed by atoms with Crippen molar-refractivity contribution in [2.75, 3.05) is 6.61 Å². The smallest absolute Gasteiger partial charge is 0.480 e. The van der Waals surface area contributed by atoms with Crippen LogP contribution in [-0.2, 0) is 15.9 Å². The highest BCUT2D eigenvalue weighted by molar-refractivity contribution is 6.47. The molecule has 0 amide bonds. The Kier molecular flexibility index (Phi) is 6.03. The molecule has 5 nitrogen and oxygen atoms in total. The Morgan fingerprint density at radius 1 is 0.929 bits per heavy atom. The molecule has 2 aromatic carbocycles. The van der Waals surface area contributed by atoms with Crippen LogP contribution >= 0.6 is 0 Å². The summed E-state index contributed by atoms with van der Waals surface area (Å²) in [7, 11) is -0.518. The highest BCUT2D eigenvalue weighted by atomic mass is 16.7. The van der Waals surface area contributed by atoms with Crippen molar-refractivity contribution in [3.63, 3.8) is 0 Å². The van der Waals surface area contributed by atoms with E-state index in [1.54, 1.807) is 0 Å². The monoisotopic (exact) mass is 383 g/mol. The van der Waals surface area contributed by atoms with Crippen molar-refractivity contribution in [1.82, 2.24) is 0 Å². The third-order valence-electron chi connectivity index (χ3n) is 5.45. The third kappa shape index (κ3) is 4.35. The van der Waals surface area contributed by atoms with Gasteiger partial charge >= 0.3 is 7.12 Å². The van der Waals surface area contributed by atoms with Crippen LogP contribution in [0, 0.1) is 0 Å². The summed E-state index contributed by atoms with van der Waals surface area (Å²) in [5.41, 5.74) is 7.62. The van der Waals surface area contributed by atoms with Gasteiger partial charge in [0, 0.05) is 0 Å². The van der Waals surface area contributed by atoms with Gasteiger partial charge in [0.25, 0.3) is 0 Å². The Balaban J connectivity index is 1.76. The van der Waals surface area contributed by atoms with Gasteiger partial charge in [0.2, 0.25) is 0 Å². The lowest BCUT2D eigenvalue weighted by atomic mass is 9.75. The van der Waals surface area contributed by atoms with Gasteiger partial charge in [-0.3, -0.25) is 0 Å². The number of rotatable bonds is 7. The fourth-order valence-electron chi connectivity index (χ4n) is 3.05. The Morgan fingerprint density at radius 3 is 2.18 bits per heavy atom. The van der Waals surface area contributed by atoms with Crippen molar-refractivity contribution < 1.29 is 18.8 Å². The Hall–Kier alpha value is -2.02. The van der Waals surface area contributed by atoms with Crippen LogP contribution in [0.2, 0.25) is 0 Å². The average Bonchev–Trinajstić information content (AvgIpc) is 2.88. The first-order chi connectivity index (χ1) is 13.2. The molecule has 0 bridgehead atoms. The Morgan fingerprint density at radius 2 is 1.57 bits per heavy atom. The highest BCUT2D eigenvalue weighted by Gasteiger charge is 2.53. The van der Waals surface area contributed by atoms with Crippen molar-refractivity contribution in [2.45, 2.75) is 58.4 Å². The van der Waals surface area contributed by atoms with Crippen molar-refractivity contribution in [2.24, 2.45) is 5.73 Å². The van der Waals surface area contributed by atoms with Gasteiger partial charge in [-0.1, -0.05) is 36.4 Å². The first-order valence-electron chi connectivity index (χ1n) is 9.78. The molecular weight excluding hydrogens is 353 g/mol. The molecule has 6 heteroatoms. The normalized spacial score (nSPS) is 18.7. The molecule has 0 spiro atoms. The maximum atomic E-state index is 6.48. The number of hydrogen-bond acceptors (Lipinski definition) is 5. The molecule has 1 aliphatic rings. The van der Waals surface area contributed by atoms with Crippen LogP contribution in [0.4, 0.5) is 0 Å². The lowest BCUT2D eigenvalue weighted by Gasteiger charge is -2.32. The van der Waals surface area contributed by atoms with E-state index in [1.165, 1.54) is 0 Å². The van der Waals surface area contributed by atoms with Crippen LogP contribution in [0.3, 0.4) is 0 Å². The maximum Gasteiger partial charge on any atom is 0.480 e. The zero-order valence-electron chi connectivity index (χ0n) is 17.4. The summed E-state index contributed by atoms with van der Waals surface area (Å²) >= 11 is 0. The van der Waals surface area contributed by atoms with Crippen molar-refractivity contribution in [3.8, 4) is 11.5 Å².